The predicted octanol–water partition coefficient (Wildman–Crippen LogP) is 3.57. The number of carbonyl (C=O) groups is 1. The highest BCUT2D eigenvalue weighted by atomic mass is 35.5. The molecular weight excluding hydrogens is 210 g/mol. The molecule has 15 heavy (non-hydrogen) atoms. The van der Waals surface area contributed by atoms with Crippen molar-refractivity contribution in [3.63, 3.8) is 0 Å². The molecule has 0 bridgehead atoms. The molecule has 1 aliphatic rings. The number of amides is 1. The third-order valence-corrected chi connectivity index (χ3v) is 3.03. The molecular formula is C12H14ClNO. The van der Waals surface area contributed by atoms with Crippen LogP contribution in [0.4, 0.5) is 5.69 Å². The first-order valence-corrected chi connectivity index (χ1v) is 5.67. The van der Waals surface area contributed by atoms with Crippen LogP contribution in [-0.4, -0.2) is 5.91 Å². The quantitative estimate of drug-likeness (QED) is 0.816. The summed E-state index contributed by atoms with van der Waals surface area (Å²) in [7, 11) is 0. The van der Waals surface area contributed by atoms with Crippen LogP contribution in [0.1, 0.15) is 37.7 Å². The summed E-state index contributed by atoms with van der Waals surface area (Å²) in [4.78, 5) is 11.5. The lowest BCUT2D eigenvalue weighted by Crippen LogP contribution is -2.22. The maximum atomic E-state index is 11.5. The standard InChI is InChI=1S/C12H14ClNO/c1-2-3-8-6-12(15)14-11-5-4-9(13)7-10(8)11/h4-5,7-8H,2-3,6H2,1H3,(H,14,15). The Balaban J connectivity index is 2.38. The van der Waals surface area contributed by atoms with Crippen LogP contribution in [0.25, 0.3) is 0 Å². The molecule has 1 N–H and O–H groups in total. The minimum atomic E-state index is 0.114. The minimum Gasteiger partial charge on any atom is -0.326 e. The third kappa shape index (κ3) is 2.15. The monoisotopic (exact) mass is 223 g/mol. The number of fused-ring (bicyclic) bond motifs is 1. The van der Waals surface area contributed by atoms with Gasteiger partial charge in [0, 0.05) is 17.1 Å². The van der Waals surface area contributed by atoms with Crippen LogP contribution in [0.5, 0.6) is 0 Å². The van der Waals surface area contributed by atoms with Gasteiger partial charge in [-0.1, -0.05) is 24.9 Å². The predicted molar refractivity (Wildman–Crippen MR) is 62.3 cm³/mol. The number of benzene rings is 1. The lowest BCUT2D eigenvalue weighted by Gasteiger charge is -2.25. The Morgan fingerprint density at radius 1 is 1.53 bits per heavy atom. The van der Waals surface area contributed by atoms with Crippen LogP contribution in [-0.2, 0) is 4.79 Å². The van der Waals surface area contributed by atoms with E-state index in [0.29, 0.717) is 12.3 Å². The van der Waals surface area contributed by atoms with Gasteiger partial charge in [0.1, 0.15) is 0 Å². The second-order valence-corrected chi connectivity index (χ2v) is 4.41. The maximum absolute atomic E-state index is 11.5. The molecule has 0 saturated carbocycles. The normalized spacial score (nSPS) is 19.6. The van der Waals surface area contributed by atoms with Crippen molar-refractivity contribution in [2.45, 2.75) is 32.1 Å². The van der Waals surface area contributed by atoms with Crippen LogP contribution >= 0.6 is 11.6 Å². The Morgan fingerprint density at radius 2 is 2.33 bits per heavy atom. The van der Waals surface area contributed by atoms with Crippen LogP contribution < -0.4 is 5.32 Å². The molecule has 2 rings (SSSR count). The number of halogens is 1. The number of hydrogen-bond donors (Lipinski definition) is 1. The van der Waals surface area contributed by atoms with Crippen molar-refractivity contribution < 1.29 is 4.79 Å². The van der Waals surface area contributed by atoms with E-state index in [1.807, 2.05) is 18.2 Å². The molecule has 0 radical (unpaired) electrons. The van der Waals surface area contributed by atoms with Crippen molar-refractivity contribution in [2.75, 3.05) is 5.32 Å². The topological polar surface area (TPSA) is 29.1 Å². The van der Waals surface area contributed by atoms with Gasteiger partial charge in [-0.15, -0.1) is 0 Å². The van der Waals surface area contributed by atoms with E-state index in [2.05, 4.69) is 12.2 Å². The van der Waals surface area contributed by atoms with E-state index in [4.69, 9.17) is 11.6 Å². The highest BCUT2D eigenvalue weighted by Gasteiger charge is 2.24. The van der Waals surface area contributed by atoms with Gasteiger partial charge >= 0.3 is 0 Å². The summed E-state index contributed by atoms with van der Waals surface area (Å²) < 4.78 is 0. The summed E-state index contributed by atoms with van der Waals surface area (Å²) >= 11 is 5.97. The highest BCUT2D eigenvalue weighted by Crippen LogP contribution is 2.36. The average molecular weight is 224 g/mol. The molecule has 1 heterocycles. The Hall–Kier alpha value is -1.02. The van der Waals surface area contributed by atoms with Crippen LogP contribution in [0.3, 0.4) is 0 Å². The van der Waals surface area contributed by atoms with Gasteiger partial charge in [0.2, 0.25) is 5.91 Å². The fraction of sp³-hybridized carbons (Fsp3) is 0.417. The molecule has 1 unspecified atom stereocenters. The summed E-state index contributed by atoms with van der Waals surface area (Å²) in [6, 6.07) is 5.67. The molecule has 2 nitrogen and oxygen atoms in total. The Kier molecular flexibility index (Phi) is 2.96. The van der Waals surface area contributed by atoms with Gasteiger partial charge < -0.3 is 5.32 Å². The summed E-state index contributed by atoms with van der Waals surface area (Å²) in [5.41, 5.74) is 2.11. The van der Waals surface area contributed by atoms with Gasteiger partial charge in [-0.05, 0) is 36.1 Å². The van der Waals surface area contributed by atoms with Crippen molar-refractivity contribution >= 4 is 23.2 Å². The SMILES string of the molecule is CCCC1CC(=O)Nc2ccc(Cl)cc21. The summed E-state index contributed by atoms with van der Waals surface area (Å²) in [5, 5.41) is 3.62. The molecule has 0 spiro atoms. The summed E-state index contributed by atoms with van der Waals surface area (Å²) in [5.74, 6) is 0.445. The second kappa shape index (κ2) is 4.23. The first kappa shape index (κ1) is 10.5. The number of nitrogens with one attached hydrogen (secondary N) is 1. The van der Waals surface area contributed by atoms with E-state index in [0.717, 1.165) is 23.6 Å². The molecule has 0 fully saturated rings. The van der Waals surface area contributed by atoms with Gasteiger partial charge in [0.05, 0.1) is 0 Å². The number of hydrogen-bond acceptors (Lipinski definition) is 1. The molecule has 0 aromatic heterocycles. The zero-order valence-electron chi connectivity index (χ0n) is 8.72. The molecule has 80 valence electrons. The zero-order valence-corrected chi connectivity index (χ0v) is 9.47. The first-order valence-electron chi connectivity index (χ1n) is 5.30. The Labute approximate surface area is 94.6 Å². The summed E-state index contributed by atoms with van der Waals surface area (Å²) in [6.07, 6.45) is 2.71. The zero-order chi connectivity index (χ0) is 10.8. The van der Waals surface area contributed by atoms with E-state index < -0.39 is 0 Å². The van der Waals surface area contributed by atoms with E-state index in [9.17, 15) is 4.79 Å². The maximum Gasteiger partial charge on any atom is 0.224 e. The van der Waals surface area contributed by atoms with Crippen LogP contribution in [0.2, 0.25) is 5.02 Å². The van der Waals surface area contributed by atoms with Gasteiger partial charge in [-0.25, -0.2) is 0 Å². The lowest BCUT2D eigenvalue weighted by atomic mass is 9.87. The van der Waals surface area contributed by atoms with Crippen molar-refractivity contribution in [3.8, 4) is 0 Å². The fourth-order valence-electron chi connectivity index (χ4n) is 2.13. The van der Waals surface area contributed by atoms with Gasteiger partial charge in [0.25, 0.3) is 0 Å². The number of rotatable bonds is 2. The second-order valence-electron chi connectivity index (χ2n) is 3.97. The van der Waals surface area contributed by atoms with Gasteiger partial charge in [-0.3, -0.25) is 4.79 Å². The molecule has 1 amide bonds. The Morgan fingerprint density at radius 3 is 3.07 bits per heavy atom. The van der Waals surface area contributed by atoms with Gasteiger partial charge in [0.15, 0.2) is 0 Å². The van der Waals surface area contributed by atoms with Gasteiger partial charge in [-0.2, -0.15) is 0 Å². The molecule has 1 atom stereocenters. The van der Waals surface area contributed by atoms with E-state index in [1.165, 1.54) is 5.56 Å². The van der Waals surface area contributed by atoms with Crippen molar-refractivity contribution in [1.82, 2.24) is 0 Å². The molecule has 3 heteroatoms. The van der Waals surface area contributed by atoms with E-state index in [-0.39, 0.29) is 5.91 Å². The molecule has 0 aliphatic carbocycles. The van der Waals surface area contributed by atoms with E-state index >= 15 is 0 Å². The fourth-order valence-corrected chi connectivity index (χ4v) is 2.31. The van der Waals surface area contributed by atoms with Crippen LogP contribution in [0, 0.1) is 0 Å². The third-order valence-electron chi connectivity index (χ3n) is 2.80. The molecule has 1 aromatic rings. The van der Waals surface area contributed by atoms with Crippen LogP contribution in [0.15, 0.2) is 18.2 Å². The molecule has 1 aromatic carbocycles. The molecule has 0 saturated heterocycles. The first-order chi connectivity index (χ1) is 7.20. The minimum absolute atomic E-state index is 0.114. The Bertz CT molecular complexity index is 389. The largest absolute Gasteiger partial charge is 0.326 e. The highest BCUT2D eigenvalue weighted by molar-refractivity contribution is 6.30. The van der Waals surface area contributed by atoms with Crippen molar-refractivity contribution in [2.24, 2.45) is 0 Å². The van der Waals surface area contributed by atoms with E-state index in [1.54, 1.807) is 0 Å². The number of anilines is 1. The summed E-state index contributed by atoms with van der Waals surface area (Å²) in [6.45, 7) is 2.14. The van der Waals surface area contributed by atoms with Crippen molar-refractivity contribution in [3.05, 3.63) is 28.8 Å². The average Bonchev–Trinajstić information content (AvgIpc) is 2.19. The number of carbonyl (C=O) groups excluding carboxylic acids is 1. The smallest absolute Gasteiger partial charge is 0.224 e. The molecule has 1 aliphatic heterocycles. The lowest BCUT2D eigenvalue weighted by molar-refractivity contribution is -0.116. The van der Waals surface area contributed by atoms with Crippen molar-refractivity contribution in [1.29, 1.82) is 0 Å².